The van der Waals surface area contributed by atoms with E-state index in [9.17, 15) is 8.42 Å². The van der Waals surface area contributed by atoms with Gasteiger partial charge < -0.3 is 5.32 Å². The van der Waals surface area contributed by atoms with Gasteiger partial charge in [0.1, 0.15) is 0 Å². The Hall–Kier alpha value is -1.12. The SMILES string of the molecule is CCc1nn(C)cc1NS(=O)(=O)N1CCC(CNC)CC1. The maximum Gasteiger partial charge on any atom is 0.301 e. The van der Waals surface area contributed by atoms with Crippen LogP contribution in [0.5, 0.6) is 0 Å². The minimum Gasteiger partial charge on any atom is -0.319 e. The maximum absolute atomic E-state index is 12.5. The summed E-state index contributed by atoms with van der Waals surface area (Å²) >= 11 is 0. The summed E-state index contributed by atoms with van der Waals surface area (Å²) in [6.07, 6.45) is 4.21. The van der Waals surface area contributed by atoms with E-state index < -0.39 is 10.2 Å². The first kappa shape index (κ1) is 16.3. The topological polar surface area (TPSA) is 79.3 Å². The molecule has 2 rings (SSSR count). The summed E-state index contributed by atoms with van der Waals surface area (Å²) in [5.41, 5.74) is 1.35. The Morgan fingerprint density at radius 1 is 1.38 bits per heavy atom. The Labute approximate surface area is 126 Å². The van der Waals surface area contributed by atoms with E-state index in [1.165, 1.54) is 4.31 Å². The molecule has 1 aliphatic heterocycles. The van der Waals surface area contributed by atoms with Crippen molar-refractivity contribution in [3.05, 3.63) is 11.9 Å². The largest absolute Gasteiger partial charge is 0.319 e. The second kappa shape index (κ2) is 6.76. The predicted molar refractivity (Wildman–Crippen MR) is 83.4 cm³/mol. The van der Waals surface area contributed by atoms with E-state index in [2.05, 4.69) is 15.1 Å². The van der Waals surface area contributed by atoms with Crippen LogP contribution >= 0.6 is 0 Å². The lowest BCUT2D eigenvalue weighted by atomic mass is 9.98. The van der Waals surface area contributed by atoms with Crippen molar-refractivity contribution in [2.75, 3.05) is 31.4 Å². The Balaban J connectivity index is 2.02. The lowest BCUT2D eigenvalue weighted by Crippen LogP contribution is -2.43. The minimum atomic E-state index is -3.48. The Morgan fingerprint density at radius 3 is 2.62 bits per heavy atom. The van der Waals surface area contributed by atoms with E-state index in [4.69, 9.17) is 0 Å². The molecular formula is C13H25N5O2S. The number of aryl methyl sites for hydroxylation is 2. The number of hydrogen-bond acceptors (Lipinski definition) is 4. The van der Waals surface area contributed by atoms with Crippen LogP contribution in [0.2, 0.25) is 0 Å². The highest BCUT2D eigenvalue weighted by Gasteiger charge is 2.28. The molecule has 21 heavy (non-hydrogen) atoms. The summed E-state index contributed by atoms with van der Waals surface area (Å²) in [7, 11) is 0.237. The van der Waals surface area contributed by atoms with E-state index in [0.29, 0.717) is 31.1 Å². The zero-order valence-electron chi connectivity index (χ0n) is 13.0. The van der Waals surface area contributed by atoms with E-state index >= 15 is 0 Å². The molecule has 2 heterocycles. The van der Waals surface area contributed by atoms with E-state index in [1.54, 1.807) is 17.9 Å². The van der Waals surface area contributed by atoms with Crippen LogP contribution in [0.15, 0.2) is 6.20 Å². The monoisotopic (exact) mass is 315 g/mol. The molecular weight excluding hydrogens is 290 g/mol. The van der Waals surface area contributed by atoms with Gasteiger partial charge in [-0.15, -0.1) is 0 Å². The van der Waals surface area contributed by atoms with Crippen LogP contribution in [-0.4, -0.2) is 49.2 Å². The van der Waals surface area contributed by atoms with Crippen molar-refractivity contribution >= 4 is 15.9 Å². The normalized spacial score (nSPS) is 18.0. The minimum absolute atomic E-state index is 0.561. The van der Waals surface area contributed by atoms with Gasteiger partial charge in [-0.05, 0) is 38.8 Å². The number of rotatable bonds is 6. The molecule has 0 atom stereocenters. The molecule has 0 saturated carbocycles. The van der Waals surface area contributed by atoms with Crippen molar-refractivity contribution in [1.29, 1.82) is 0 Å². The molecule has 0 spiro atoms. The number of piperidine rings is 1. The van der Waals surface area contributed by atoms with Gasteiger partial charge in [0.05, 0.1) is 11.4 Å². The van der Waals surface area contributed by atoms with Gasteiger partial charge in [0.25, 0.3) is 0 Å². The number of hydrogen-bond donors (Lipinski definition) is 2. The molecule has 0 aliphatic carbocycles. The highest BCUT2D eigenvalue weighted by molar-refractivity contribution is 7.90. The van der Waals surface area contributed by atoms with Crippen LogP contribution in [0.1, 0.15) is 25.5 Å². The first-order valence-electron chi connectivity index (χ1n) is 7.41. The van der Waals surface area contributed by atoms with Crippen LogP contribution in [0.3, 0.4) is 0 Å². The number of anilines is 1. The van der Waals surface area contributed by atoms with E-state index in [-0.39, 0.29) is 0 Å². The zero-order chi connectivity index (χ0) is 15.5. The molecule has 0 aromatic carbocycles. The average molecular weight is 315 g/mol. The second-order valence-electron chi connectivity index (χ2n) is 5.52. The smallest absolute Gasteiger partial charge is 0.301 e. The quantitative estimate of drug-likeness (QED) is 0.804. The second-order valence-corrected chi connectivity index (χ2v) is 7.19. The molecule has 2 N–H and O–H groups in total. The molecule has 0 unspecified atom stereocenters. The van der Waals surface area contributed by atoms with Gasteiger partial charge in [-0.3, -0.25) is 9.40 Å². The molecule has 0 radical (unpaired) electrons. The van der Waals surface area contributed by atoms with Crippen LogP contribution in [0.4, 0.5) is 5.69 Å². The van der Waals surface area contributed by atoms with Crippen LogP contribution < -0.4 is 10.0 Å². The number of nitrogens with zero attached hydrogens (tertiary/aromatic N) is 3. The van der Waals surface area contributed by atoms with Gasteiger partial charge in [0.2, 0.25) is 0 Å². The molecule has 120 valence electrons. The zero-order valence-corrected chi connectivity index (χ0v) is 13.8. The fraction of sp³-hybridized carbons (Fsp3) is 0.769. The first-order valence-corrected chi connectivity index (χ1v) is 8.85. The van der Waals surface area contributed by atoms with Crippen molar-refractivity contribution < 1.29 is 8.42 Å². The van der Waals surface area contributed by atoms with Gasteiger partial charge in [0, 0.05) is 26.3 Å². The van der Waals surface area contributed by atoms with Crippen molar-refractivity contribution in [3.8, 4) is 0 Å². The molecule has 0 bridgehead atoms. The standard InChI is InChI=1S/C13H25N5O2S/c1-4-12-13(10-17(3)15-12)16-21(19,20)18-7-5-11(6-8-18)9-14-2/h10-11,14,16H,4-9H2,1-3H3. The highest BCUT2D eigenvalue weighted by atomic mass is 32.2. The predicted octanol–water partition coefficient (Wildman–Crippen LogP) is 0.571. The number of nitrogens with one attached hydrogen (secondary N) is 2. The summed E-state index contributed by atoms with van der Waals surface area (Å²) < 4.78 is 30.8. The van der Waals surface area contributed by atoms with E-state index in [1.807, 2.05) is 14.0 Å². The molecule has 1 fully saturated rings. The molecule has 1 aliphatic rings. The molecule has 8 heteroatoms. The highest BCUT2D eigenvalue weighted by Crippen LogP contribution is 2.22. The van der Waals surface area contributed by atoms with Crippen LogP contribution in [0.25, 0.3) is 0 Å². The van der Waals surface area contributed by atoms with Crippen LogP contribution in [-0.2, 0) is 23.7 Å². The van der Waals surface area contributed by atoms with Crippen molar-refractivity contribution in [2.45, 2.75) is 26.2 Å². The third-order valence-electron chi connectivity index (χ3n) is 3.89. The van der Waals surface area contributed by atoms with Crippen LogP contribution in [0, 0.1) is 5.92 Å². The fourth-order valence-electron chi connectivity index (χ4n) is 2.73. The third-order valence-corrected chi connectivity index (χ3v) is 5.41. The van der Waals surface area contributed by atoms with Crippen molar-refractivity contribution in [1.82, 2.24) is 19.4 Å². The van der Waals surface area contributed by atoms with Gasteiger partial charge in [0.15, 0.2) is 0 Å². The van der Waals surface area contributed by atoms with Gasteiger partial charge in [-0.1, -0.05) is 6.92 Å². The lowest BCUT2D eigenvalue weighted by Gasteiger charge is -2.31. The molecule has 1 aromatic heterocycles. The Bertz CT molecular complexity index is 561. The van der Waals surface area contributed by atoms with E-state index in [0.717, 1.165) is 25.1 Å². The van der Waals surface area contributed by atoms with Gasteiger partial charge in [-0.25, -0.2) is 0 Å². The molecule has 7 nitrogen and oxygen atoms in total. The lowest BCUT2D eigenvalue weighted by molar-refractivity contribution is 0.272. The Morgan fingerprint density at radius 2 is 2.05 bits per heavy atom. The molecule has 1 saturated heterocycles. The maximum atomic E-state index is 12.5. The van der Waals surface area contributed by atoms with Crippen molar-refractivity contribution in [3.63, 3.8) is 0 Å². The fourth-order valence-corrected chi connectivity index (χ4v) is 4.00. The van der Waals surface area contributed by atoms with Gasteiger partial charge >= 0.3 is 10.2 Å². The number of aromatic nitrogens is 2. The summed E-state index contributed by atoms with van der Waals surface area (Å²) in [6, 6.07) is 0. The van der Waals surface area contributed by atoms with Crippen molar-refractivity contribution in [2.24, 2.45) is 13.0 Å². The van der Waals surface area contributed by atoms with Gasteiger partial charge in [-0.2, -0.15) is 17.8 Å². The molecule has 0 amide bonds. The summed E-state index contributed by atoms with van der Waals surface area (Å²) in [6.45, 7) is 4.06. The average Bonchev–Trinajstić information content (AvgIpc) is 2.79. The Kier molecular flexibility index (Phi) is 5.23. The first-order chi connectivity index (χ1) is 9.96. The third kappa shape index (κ3) is 3.96. The summed E-state index contributed by atoms with van der Waals surface area (Å²) in [5.74, 6) is 0.561. The summed E-state index contributed by atoms with van der Waals surface area (Å²) in [5, 5.41) is 7.41. The molecule has 1 aromatic rings. The summed E-state index contributed by atoms with van der Waals surface area (Å²) in [4.78, 5) is 0.